The third kappa shape index (κ3) is 2.32. The summed E-state index contributed by atoms with van der Waals surface area (Å²) in [5.41, 5.74) is 0.312. The molecule has 0 bridgehead atoms. The van der Waals surface area contributed by atoms with Crippen molar-refractivity contribution in [3.05, 3.63) is 34.7 Å². The second-order valence-electron chi connectivity index (χ2n) is 3.14. The highest BCUT2D eigenvalue weighted by Crippen LogP contribution is 2.18. The van der Waals surface area contributed by atoms with Crippen LogP contribution in [0.25, 0.3) is 0 Å². The van der Waals surface area contributed by atoms with Gasteiger partial charge in [-0.15, -0.1) is 11.3 Å². The van der Waals surface area contributed by atoms with Crippen LogP contribution in [0.5, 0.6) is 0 Å². The minimum atomic E-state index is 0.0854. The van der Waals surface area contributed by atoms with Crippen LogP contribution in [0.4, 0.5) is 5.82 Å². The number of nitriles is 1. The Kier molecular flexibility index (Phi) is 3.08. The van der Waals surface area contributed by atoms with Crippen molar-refractivity contribution in [1.29, 1.82) is 5.26 Å². The van der Waals surface area contributed by atoms with Crippen molar-refractivity contribution in [3.8, 4) is 6.07 Å². The van der Waals surface area contributed by atoms with Gasteiger partial charge >= 0.3 is 0 Å². The summed E-state index contributed by atoms with van der Waals surface area (Å²) in [7, 11) is 0. The zero-order chi connectivity index (χ0) is 11.4. The molecule has 5 nitrogen and oxygen atoms in total. The molecule has 0 saturated heterocycles. The molecule has 80 valence electrons. The average Bonchev–Trinajstić information content (AvgIpc) is 2.83. The van der Waals surface area contributed by atoms with Gasteiger partial charge in [-0.2, -0.15) is 5.26 Å². The smallest absolute Gasteiger partial charge is 0.158 e. The molecule has 0 saturated carbocycles. The van der Waals surface area contributed by atoms with Crippen molar-refractivity contribution >= 4 is 17.2 Å². The second-order valence-corrected chi connectivity index (χ2v) is 4.06. The lowest BCUT2D eigenvalue weighted by Gasteiger charge is -2.10. The van der Waals surface area contributed by atoms with Crippen LogP contribution in [-0.4, -0.2) is 15.0 Å². The van der Waals surface area contributed by atoms with Gasteiger partial charge < -0.3 is 5.32 Å². The van der Waals surface area contributed by atoms with Crippen LogP contribution in [0, 0.1) is 11.3 Å². The molecule has 6 heteroatoms. The van der Waals surface area contributed by atoms with E-state index in [1.807, 2.05) is 18.4 Å². The minimum Gasteiger partial charge on any atom is -0.360 e. The minimum absolute atomic E-state index is 0.0854. The number of nitrogens with zero attached hydrogens (tertiary/aromatic N) is 4. The van der Waals surface area contributed by atoms with Gasteiger partial charge in [-0.3, -0.25) is 0 Å². The number of rotatable bonds is 3. The van der Waals surface area contributed by atoms with E-state index in [0.29, 0.717) is 11.5 Å². The lowest BCUT2D eigenvalue weighted by atomic mass is 10.3. The maximum atomic E-state index is 8.58. The van der Waals surface area contributed by atoms with E-state index in [9.17, 15) is 0 Å². The summed E-state index contributed by atoms with van der Waals surface area (Å²) >= 11 is 1.58. The third-order valence-electron chi connectivity index (χ3n) is 1.95. The van der Waals surface area contributed by atoms with E-state index in [4.69, 9.17) is 5.26 Å². The number of hydrogen-bond donors (Lipinski definition) is 1. The summed E-state index contributed by atoms with van der Waals surface area (Å²) in [6.45, 7) is 2.00. The Morgan fingerprint density at radius 3 is 2.81 bits per heavy atom. The van der Waals surface area contributed by atoms with Crippen LogP contribution >= 0.6 is 11.3 Å². The van der Waals surface area contributed by atoms with E-state index < -0.39 is 0 Å². The molecule has 2 rings (SSSR count). The number of aromatic nitrogens is 3. The van der Waals surface area contributed by atoms with E-state index in [2.05, 4.69) is 20.3 Å². The molecule has 0 aromatic carbocycles. The average molecular weight is 231 g/mol. The molecule has 0 amide bonds. The number of hydrogen-bond acceptors (Lipinski definition) is 6. The number of thiazole rings is 1. The van der Waals surface area contributed by atoms with Gasteiger partial charge in [-0.1, -0.05) is 0 Å². The summed E-state index contributed by atoms with van der Waals surface area (Å²) in [6, 6.07) is 2.01. The van der Waals surface area contributed by atoms with E-state index >= 15 is 0 Å². The second kappa shape index (κ2) is 4.68. The van der Waals surface area contributed by atoms with Crippen molar-refractivity contribution < 1.29 is 0 Å². The molecule has 2 aromatic rings. The summed E-state index contributed by atoms with van der Waals surface area (Å²) in [6.07, 6.45) is 4.75. The van der Waals surface area contributed by atoms with Crippen LogP contribution in [-0.2, 0) is 0 Å². The summed E-state index contributed by atoms with van der Waals surface area (Å²) < 4.78 is 0. The van der Waals surface area contributed by atoms with E-state index in [1.54, 1.807) is 23.7 Å². The Balaban J connectivity index is 2.07. The lowest BCUT2D eigenvalue weighted by molar-refractivity contribution is 0.857. The molecule has 1 N–H and O–H groups in total. The van der Waals surface area contributed by atoms with Gasteiger partial charge in [0, 0.05) is 11.6 Å². The third-order valence-corrected chi connectivity index (χ3v) is 2.91. The predicted molar refractivity (Wildman–Crippen MR) is 60.9 cm³/mol. The lowest BCUT2D eigenvalue weighted by Crippen LogP contribution is -2.07. The van der Waals surface area contributed by atoms with Crippen molar-refractivity contribution in [2.24, 2.45) is 0 Å². The highest BCUT2D eigenvalue weighted by atomic mass is 32.1. The molecule has 0 fully saturated rings. The van der Waals surface area contributed by atoms with Crippen LogP contribution in [0.1, 0.15) is 23.7 Å². The van der Waals surface area contributed by atoms with Crippen molar-refractivity contribution in [3.63, 3.8) is 0 Å². The van der Waals surface area contributed by atoms with E-state index in [1.165, 1.54) is 6.20 Å². The number of anilines is 1. The Morgan fingerprint density at radius 2 is 2.25 bits per heavy atom. The van der Waals surface area contributed by atoms with Crippen molar-refractivity contribution in [1.82, 2.24) is 15.0 Å². The fraction of sp³-hybridized carbons (Fsp3) is 0.200. The SMILES string of the molecule is CC(Nc1cnc(C#N)cn1)c1nccs1. The van der Waals surface area contributed by atoms with Crippen LogP contribution in [0.3, 0.4) is 0 Å². The Hall–Kier alpha value is -2.00. The van der Waals surface area contributed by atoms with Crippen LogP contribution in [0.2, 0.25) is 0 Å². The Labute approximate surface area is 96.8 Å². The van der Waals surface area contributed by atoms with Gasteiger partial charge in [-0.25, -0.2) is 15.0 Å². The van der Waals surface area contributed by atoms with E-state index in [0.717, 1.165) is 5.01 Å². The maximum absolute atomic E-state index is 8.58. The highest BCUT2D eigenvalue weighted by Gasteiger charge is 2.08. The molecule has 0 aliphatic carbocycles. The first-order valence-electron chi connectivity index (χ1n) is 4.67. The fourth-order valence-electron chi connectivity index (χ4n) is 1.19. The molecule has 0 spiro atoms. The standard InChI is InChI=1S/C10H9N5S/c1-7(10-12-2-3-16-10)15-9-6-13-8(4-11)5-14-9/h2-3,5-7H,1H3,(H,14,15). The maximum Gasteiger partial charge on any atom is 0.158 e. The first-order chi connectivity index (χ1) is 7.79. The zero-order valence-corrected chi connectivity index (χ0v) is 9.40. The summed E-state index contributed by atoms with van der Waals surface area (Å²) in [5, 5.41) is 14.7. The predicted octanol–water partition coefficient (Wildman–Crippen LogP) is 1.98. The van der Waals surface area contributed by atoms with Gasteiger partial charge in [0.05, 0.1) is 18.4 Å². The van der Waals surface area contributed by atoms with Crippen molar-refractivity contribution in [2.75, 3.05) is 5.32 Å². The topological polar surface area (TPSA) is 74.5 Å². The molecular formula is C10H9N5S. The fourth-order valence-corrected chi connectivity index (χ4v) is 1.84. The molecule has 2 aromatic heterocycles. The first kappa shape index (κ1) is 10.5. The Bertz CT molecular complexity index is 485. The molecule has 1 unspecified atom stereocenters. The molecule has 1 atom stereocenters. The van der Waals surface area contributed by atoms with Crippen LogP contribution in [0.15, 0.2) is 24.0 Å². The Morgan fingerprint density at radius 1 is 1.38 bits per heavy atom. The molecular weight excluding hydrogens is 222 g/mol. The van der Waals surface area contributed by atoms with Crippen LogP contribution < -0.4 is 5.32 Å². The quantitative estimate of drug-likeness (QED) is 0.874. The van der Waals surface area contributed by atoms with Gasteiger partial charge in [0.15, 0.2) is 5.69 Å². The molecule has 0 aliphatic rings. The number of nitrogens with one attached hydrogen (secondary N) is 1. The van der Waals surface area contributed by atoms with Gasteiger partial charge in [0.1, 0.15) is 16.9 Å². The summed E-state index contributed by atoms with van der Waals surface area (Å²) in [5.74, 6) is 0.640. The summed E-state index contributed by atoms with van der Waals surface area (Å²) in [4.78, 5) is 12.2. The normalized spacial score (nSPS) is 11.8. The molecule has 2 heterocycles. The molecule has 0 radical (unpaired) electrons. The first-order valence-corrected chi connectivity index (χ1v) is 5.55. The highest BCUT2D eigenvalue weighted by molar-refractivity contribution is 7.09. The van der Waals surface area contributed by atoms with Crippen molar-refractivity contribution in [2.45, 2.75) is 13.0 Å². The van der Waals surface area contributed by atoms with E-state index in [-0.39, 0.29) is 6.04 Å². The molecule has 16 heavy (non-hydrogen) atoms. The largest absolute Gasteiger partial charge is 0.360 e. The van der Waals surface area contributed by atoms with Gasteiger partial charge in [0.25, 0.3) is 0 Å². The monoisotopic (exact) mass is 231 g/mol. The van der Waals surface area contributed by atoms with Gasteiger partial charge in [-0.05, 0) is 6.92 Å². The van der Waals surface area contributed by atoms with Gasteiger partial charge in [0.2, 0.25) is 0 Å². The zero-order valence-electron chi connectivity index (χ0n) is 8.58. The molecule has 0 aliphatic heterocycles.